The molecule has 0 fully saturated rings. The lowest BCUT2D eigenvalue weighted by molar-refractivity contribution is -0.116. The van der Waals surface area contributed by atoms with Gasteiger partial charge in [0.15, 0.2) is 0 Å². The topological polar surface area (TPSA) is 41.1 Å². The predicted octanol–water partition coefficient (Wildman–Crippen LogP) is 2.45. The lowest BCUT2D eigenvalue weighted by atomic mass is 10.1. The summed E-state index contributed by atoms with van der Waals surface area (Å²) in [5.74, 6) is 0.0806. The van der Waals surface area contributed by atoms with Crippen molar-refractivity contribution in [2.75, 3.05) is 10.6 Å². The smallest absolute Gasteiger partial charge is 0.226 e. The van der Waals surface area contributed by atoms with Gasteiger partial charge in [0, 0.05) is 12.5 Å². The van der Waals surface area contributed by atoms with E-state index in [1.165, 1.54) is 11.1 Å². The molecule has 1 aromatic carbocycles. The number of rotatable bonds is 0. The van der Waals surface area contributed by atoms with E-state index in [0.29, 0.717) is 6.42 Å². The average molecular weight is 204 g/mol. The van der Waals surface area contributed by atoms with E-state index >= 15 is 0 Å². The Labute approximate surface area is 89.9 Å². The van der Waals surface area contributed by atoms with Crippen molar-refractivity contribution in [1.82, 2.24) is 0 Å². The minimum atomic E-state index is 0.0806. The van der Waals surface area contributed by atoms with Crippen molar-refractivity contribution < 1.29 is 4.79 Å². The summed E-state index contributed by atoms with van der Waals surface area (Å²) in [7, 11) is 0. The molecule has 2 rings (SSSR count). The van der Waals surface area contributed by atoms with Crippen LogP contribution >= 0.6 is 0 Å². The Bertz CT molecular complexity index is 412. The van der Waals surface area contributed by atoms with Gasteiger partial charge < -0.3 is 10.6 Å². The monoisotopic (exact) mass is 204 g/mol. The summed E-state index contributed by atoms with van der Waals surface area (Å²) in [5, 5.41) is 6.30. The van der Waals surface area contributed by atoms with Crippen LogP contribution in [-0.4, -0.2) is 11.9 Å². The normalized spacial score (nSPS) is 19.9. The van der Waals surface area contributed by atoms with E-state index in [-0.39, 0.29) is 11.9 Å². The Morgan fingerprint density at radius 1 is 1.33 bits per heavy atom. The van der Waals surface area contributed by atoms with E-state index in [0.717, 1.165) is 11.4 Å². The van der Waals surface area contributed by atoms with Gasteiger partial charge in [-0.05, 0) is 38.0 Å². The molecule has 0 saturated heterocycles. The Morgan fingerprint density at radius 3 is 2.80 bits per heavy atom. The summed E-state index contributed by atoms with van der Waals surface area (Å²) in [4.78, 5) is 11.5. The molecule has 1 aliphatic rings. The molecule has 2 N–H and O–H groups in total. The van der Waals surface area contributed by atoms with Gasteiger partial charge in [-0.3, -0.25) is 4.79 Å². The lowest BCUT2D eigenvalue weighted by Gasteiger charge is -2.15. The number of amides is 1. The van der Waals surface area contributed by atoms with Gasteiger partial charge in [-0.25, -0.2) is 0 Å². The lowest BCUT2D eigenvalue weighted by Crippen LogP contribution is -2.19. The van der Waals surface area contributed by atoms with Gasteiger partial charge in [0.2, 0.25) is 5.91 Å². The van der Waals surface area contributed by atoms with Gasteiger partial charge in [-0.1, -0.05) is 6.07 Å². The van der Waals surface area contributed by atoms with Gasteiger partial charge in [0.05, 0.1) is 11.4 Å². The third kappa shape index (κ3) is 1.82. The van der Waals surface area contributed by atoms with Crippen molar-refractivity contribution in [1.29, 1.82) is 0 Å². The van der Waals surface area contributed by atoms with Crippen LogP contribution in [0.25, 0.3) is 0 Å². The maximum absolute atomic E-state index is 11.5. The molecule has 1 aliphatic heterocycles. The number of aryl methyl sites for hydroxylation is 1. The zero-order valence-electron chi connectivity index (χ0n) is 9.35. The fourth-order valence-corrected chi connectivity index (χ4v) is 1.88. The number of benzene rings is 1. The summed E-state index contributed by atoms with van der Waals surface area (Å²) in [6.45, 7) is 6.18. The van der Waals surface area contributed by atoms with Crippen LogP contribution in [0.3, 0.4) is 0 Å². The second-order valence-electron chi connectivity index (χ2n) is 4.23. The highest BCUT2D eigenvalue weighted by molar-refractivity contribution is 5.97. The highest BCUT2D eigenvalue weighted by Gasteiger charge is 2.18. The zero-order chi connectivity index (χ0) is 11.0. The second kappa shape index (κ2) is 3.57. The molecule has 15 heavy (non-hydrogen) atoms. The standard InChI is InChI=1S/C12H16N2O/c1-7-4-5-10-12(9(7)3)13-8(2)6-11(15)14-10/h4-5,8,13H,6H2,1-3H3,(H,14,15). The number of hydrogen-bond donors (Lipinski definition) is 2. The first kappa shape index (κ1) is 10.0. The van der Waals surface area contributed by atoms with Gasteiger partial charge >= 0.3 is 0 Å². The van der Waals surface area contributed by atoms with Crippen LogP contribution in [0.15, 0.2) is 12.1 Å². The van der Waals surface area contributed by atoms with E-state index in [1.807, 2.05) is 19.1 Å². The molecule has 1 aromatic rings. The number of anilines is 2. The van der Waals surface area contributed by atoms with Crippen molar-refractivity contribution in [3.8, 4) is 0 Å². The highest BCUT2D eigenvalue weighted by Crippen LogP contribution is 2.31. The van der Waals surface area contributed by atoms with E-state index in [2.05, 4.69) is 24.5 Å². The molecule has 0 radical (unpaired) electrons. The second-order valence-corrected chi connectivity index (χ2v) is 4.23. The van der Waals surface area contributed by atoms with Gasteiger partial charge in [-0.15, -0.1) is 0 Å². The molecule has 0 aromatic heterocycles. The molecule has 3 nitrogen and oxygen atoms in total. The van der Waals surface area contributed by atoms with Crippen LogP contribution < -0.4 is 10.6 Å². The Morgan fingerprint density at radius 2 is 2.07 bits per heavy atom. The van der Waals surface area contributed by atoms with Gasteiger partial charge in [0.25, 0.3) is 0 Å². The zero-order valence-corrected chi connectivity index (χ0v) is 9.35. The number of hydrogen-bond acceptors (Lipinski definition) is 2. The van der Waals surface area contributed by atoms with Crippen LogP contribution in [0.2, 0.25) is 0 Å². The summed E-state index contributed by atoms with van der Waals surface area (Å²) in [6.07, 6.45) is 0.521. The Hall–Kier alpha value is -1.51. The summed E-state index contributed by atoms with van der Waals surface area (Å²) in [6, 6.07) is 4.18. The largest absolute Gasteiger partial charge is 0.380 e. The maximum atomic E-state index is 11.5. The summed E-state index contributed by atoms with van der Waals surface area (Å²) < 4.78 is 0. The quantitative estimate of drug-likeness (QED) is 0.681. The third-order valence-corrected chi connectivity index (χ3v) is 2.89. The predicted molar refractivity (Wildman–Crippen MR) is 62.2 cm³/mol. The SMILES string of the molecule is Cc1ccc2c(c1C)NC(C)CC(=O)N2. The van der Waals surface area contributed by atoms with Crippen LogP contribution in [0.4, 0.5) is 11.4 Å². The molecule has 0 saturated carbocycles. The Kier molecular flexibility index (Phi) is 2.39. The minimum Gasteiger partial charge on any atom is -0.380 e. The van der Waals surface area contributed by atoms with Crippen LogP contribution in [0, 0.1) is 13.8 Å². The maximum Gasteiger partial charge on any atom is 0.226 e. The van der Waals surface area contributed by atoms with Crippen LogP contribution in [-0.2, 0) is 4.79 Å². The minimum absolute atomic E-state index is 0.0806. The molecule has 1 atom stereocenters. The average Bonchev–Trinajstić information content (AvgIpc) is 2.30. The van der Waals surface area contributed by atoms with Crippen LogP contribution in [0.1, 0.15) is 24.5 Å². The fourth-order valence-electron chi connectivity index (χ4n) is 1.88. The number of carbonyl (C=O) groups is 1. The molecule has 0 spiro atoms. The van der Waals surface area contributed by atoms with E-state index in [9.17, 15) is 4.79 Å². The van der Waals surface area contributed by atoms with Crippen molar-refractivity contribution in [2.24, 2.45) is 0 Å². The van der Waals surface area contributed by atoms with Gasteiger partial charge in [-0.2, -0.15) is 0 Å². The first-order valence-corrected chi connectivity index (χ1v) is 5.24. The highest BCUT2D eigenvalue weighted by atomic mass is 16.1. The number of nitrogens with one attached hydrogen (secondary N) is 2. The van der Waals surface area contributed by atoms with Crippen molar-refractivity contribution in [2.45, 2.75) is 33.2 Å². The molecule has 1 heterocycles. The molecular weight excluding hydrogens is 188 g/mol. The molecule has 1 unspecified atom stereocenters. The Balaban J connectivity index is 2.51. The summed E-state index contributed by atoms with van der Waals surface area (Å²) in [5.41, 5.74) is 4.41. The van der Waals surface area contributed by atoms with Crippen LogP contribution in [0.5, 0.6) is 0 Å². The van der Waals surface area contributed by atoms with E-state index < -0.39 is 0 Å². The molecule has 80 valence electrons. The van der Waals surface area contributed by atoms with Crippen molar-refractivity contribution in [3.05, 3.63) is 23.3 Å². The third-order valence-electron chi connectivity index (χ3n) is 2.89. The molecule has 0 bridgehead atoms. The van der Waals surface area contributed by atoms with E-state index in [1.54, 1.807) is 0 Å². The fraction of sp³-hybridized carbons (Fsp3) is 0.417. The van der Waals surface area contributed by atoms with Gasteiger partial charge in [0.1, 0.15) is 0 Å². The molecule has 1 amide bonds. The molecule has 0 aliphatic carbocycles. The molecule has 3 heteroatoms. The first-order valence-electron chi connectivity index (χ1n) is 5.24. The summed E-state index contributed by atoms with van der Waals surface area (Å²) >= 11 is 0. The van der Waals surface area contributed by atoms with E-state index in [4.69, 9.17) is 0 Å². The van der Waals surface area contributed by atoms with Crippen molar-refractivity contribution in [3.63, 3.8) is 0 Å². The first-order chi connectivity index (χ1) is 7.08. The van der Waals surface area contributed by atoms with Crippen molar-refractivity contribution >= 4 is 17.3 Å². The number of fused-ring (bicyclic) bond motifs is 1. The molecular formula is C12H16N2O. The number of carbonyl (C=O) groups excluding carboxylic acids is 1.